The molecule has 0 N–H and O–H groups in total. The Morgan fingerprint density at radius 3 is 2.52 bits per heavy atom. The van der Waals surface area contributed by atoms with Crippen LogP contribution in [0.15, 0.2) is 28.5 Å². The van der Waals surface area contributed by atoms with Gasteiger partial charge in [0.25, 0.3) is 0 Å². The first-order valence-corrected chi connectivity index (χ1v) is 11.1. The Hall–Kier alpha value is -1.75. The Labute approximate surface area is 165 Å². The zero-order valence-electron chi connectivity index (χ0n) is 14.4. The molecule has 0 bridgehead atoms. The summed E-state index contributed by atoms with van der Waals surface area (Å²) in [6.07, 6.45) is 1.03. The second-order valence-electron chi connectivity index (χ2n) is 6.25. The van der Waals surface area contributed by atoms with E-state index < -0.39 is 14.8 Å². The fourth-order valence-corrected chi connectivity index (χ4v) is 5.21. The van der Waals surface area contributed by atoms with Crippen LogP contribution in [0.4, 0.5) is 15.1 Å². The summed E-state index contributed by atoms with van der Waals surface area (Å²) in [5.41, 5.74) is 0.222. The van der Waals surface area contributed by atoms with E-state index in [9.17, 15) is 22.9 Å². The highest BCUT2D eigenvalue weighted by molar-refractivity contribution is 7.92. The fraction of sp³-hybridized carbons (Fsp3) is 0.375. The first-order valence-electron chi connectivity index (χ1n) is 8.05. The topological polar surface area (TPSA) is 83.8 Å². The van der Waals surface area contributed by atoms with E-state index in [1.165, 1.54) is 6.07 Å². The Bertz CT molecular complexity index is 952. The molecule has 2 aromatic rings. The number of halogens is 2. The first kappa shape index (κ1) is 20.0. The van der Waals surface area contributed by atoms with Gasteiger partial charge in [-0.15, -0.1) is 0 Å². The number of hydrogen-bond acceptors (Lipinski definition) is 7. The maximum Gasteiger partial charge on any atom is 0.305 e. The van der Waals surface area contributed by atoms with Gasteiger partial charge >= 0.3 is 5.69 Å². The van der Waals surface area contributed by atoms with Crippen molar-refractivity contribution >= 4 is 43.5 Å². The molecule has 1 fully saturated rings. The number of nitrogens with zero attached hydrogens (tertiary/aromatic N) is 3. The van der Waals surface area contributed by atoms with E-state index in [1.807, 2.05) is 4.90 Å². The SMILES string of the molecule is CS(=O)(=O)c1cc([N+](=O)[O-])c(N2CCN(Cc3c(F)cccc3Cl)CC2)s1. The second-order valence-corrected chi connectivity index (χ2v) is 9.93. The maximum absolute atomic E-state index is 14.0. The van der Waals surface area contributed by atoms with Crippen molar-refractivity contribution in [3.05, 3.63) is 50.8 Å². The van der Waals surface area contributed by atoms with Crippen LogP contribution in [0.25, 0.3) is 0 Å². The molecule has 0 saturated carbocycles. The Morgan fingerprint density at radius 1 is 1.30 bits per heavy atom. The number of hydrogen-bond donors (Lipinski definition) is 0. The van der Waals surface area contributed by atoms with Gasteiger partial charge in [0.1, 0.15) is 10.0 Å². The van der Waals surface area contributed by atoms with E-state index in [2.05, 4.69) is 0 Å². The van der Waals surface area contributed by atoms with E-state index in [1.54, 1.807) is 17.0 Å². The smallest absolute Gasteiger partial charge is 0.305 e. The van der Waals surface area contributed by atoms with Crippen LogP contribution in [0, 0.1) is 15.9 Å². The lowest BCUT2D eigenvalue weighted by molar-refractivity contribution is -0.383. The summed E-state index contributed by atoms with van der Waals surface area (Å²) in [5.74, 6) is -0.364. The molecular weight excluding hydrogens is 417 g/mol. The molecule has 0 amide bonds. The summed E-state index contributed by atoms with van der Waals surface area (Å²) in [7, 11) is -3.52. The summed E-state index contributed by atoms with van der Waals surface area (Å²) in [6, 6.07) is 5.66. The zero-order valence-corrected chi connectivity index (χ0v) is 16.8. The van der Waals surface area contributed by atoms with Gasteiger partial charge in [0.15, 0.2) is 14.8 Å². The van der Waals surface area contributed by atoms with Crippen molar-refractivity contribution in [3.63, 3.8) is 0 Å². The minimum Gasteiger partial charge on any atom is -0.355 e. The summed E-state index contributed by atoms with van der Waals surface area (Å²) in [6.45, 7) is 2.38. The molecule has 27 heavy (non-hydrogen) atoms. The molecule has 0 aliphatic carbocycles. The van der Waals surface area contributed by atoms with Gasteiger partial charge in [-0.1, -0.05) is 29.0 Å². The molecule has 11 heteroatoms. The minimum atomic E-state index is -3.52. The molecule has 1 aliphatic heterocycles. The summed E-state index contributed by atoms with van der Waals surface area (Å²) < 4.78 is 37.4. The second kappa shape index (κ2) is 7.70. The number of benzene rings is 1. The van der Waals surface area contributed by atoms with Crippen molar-refractivity contribution in [1.82, 2.24) is 4.90 Å². The standard InChI is InChI=1S/C16H17ClFN3O4S2/c1-27(24,25)15-9-14(21(22)23)16(26-15)20-7-5-19(6-8-20)10-11-12(17)3-2-4-13(11)18/h2-4,9H,5-8,10H2,1H3. The van der Waals surface area contributed by atoms with Gasteiger partial charge in [0, 0.05) is 55.6 Å². The highest BCUT2D eigenvalue weighted by Gasteiger charge is 2.29. The summed E-state index contributed by atoms with van der Waals surface area (Å²) in [5, 5.41) is 12.0. The molecule has 0 radical (unpaired) electrons. The van der Waals surface area contributed by atoms with Crippen molar-refractivity contribution in [2.24, 2.45) is 0 Å². The number of rotatable bonds is 5. The fourth-order valence-electron chi connectivity index (χ4n) is 2.91. The Balaban J connectivity index is 1.74. The molecular formula is C16H17ClFN3O4S2. The molecule has 7 nitrogen and oxygen atoms in total. The monoisotopic (exact) mass is 433 g/mol. The molecule has 1 aromatic heterocycles. The lowest BCUT2D eigenvalue weighted by atomic mass is 10.2. The van der Waals surface area contributed by atoms with Gasteiger partial charge in [-0.2, -0.15) is 0 Å². The average molecular weight is 434 g/mol. The third kappa shape index (κ3) is 4.40. The molecule has 3 rings (SSSR count). The average Bonchev–Trinajstić information content (AvgIpc) is 3.05. The molecule has 0 unspecified atom stereocenters. The molecule has 146 valence electrons. The van der Waals surface area contributed by atoms with Gasteiger partial charge in [0.2, 0.25) is 0 Å². The van der Waals surface area contributed by atoms with Crippen molar-refractivity contribution in [2.45, 2.75) is 10.8 Å². The number of nitro groups is 1. The molecule has 0 atom stereocenters. The quantitative estimate of drug-likeness (QED) is 0.532. The van der Waals surface area contributed by atoms with Crippen molar-refractivity contribution in [3.8, 4) is 0 Å². The first-order chi connectivity index (χ1) is 12.7. The van der Waals surface area contributed by atoms with Gasteiger partial charge in [0.05, 0.1) is 4.92 Å². The summed E-state index contributed by atoms with van der Waals surface area (Å²) >= 11 is 6.98. The molecule has 0 spiro atoms. The summed E-state index contributed by atoms with van der Waals surface area (Å²) in [4.78, 5) is 14.6. The lowest BCUT2D eigenvalue weighted by Crippen LogP contribution is -2.46. The van der Waals surface area contributed by atoms with E-state index in [0.29, 0.717) is 48.3 Å². The van der Waals surface area contributed by atoms with Crippen molar-refractivity contribution < 1.29 is 17.7 Å². The predicted molar refractivity (Wildman–Crippen MR) is 103 cm³/mol. The van der Waals surface area contributed by atoms with Crippen LogP contribution in [0.1, 0.15) is 5.56 Å². The minimum absolute atomic E-state index is 0.0234. The molecule has 1 aliphatic rings. The van der Waals surface area contributed by atoms with Gasteiger partial charge in [-0.25, -0.2) is 12.8 Å². The zero-order chi connectivity index (χ0) is 19.8. The molecule has 2 heterocycles. The van der Waals surface area contributed by atoms with Crippen LogP contribution < -0.4 is 4.90 Å². The normalized spacial score (nSPS) is 15.9. The predicted octanol–water partition coefficient (Wildman–Crippen LogP) is 3.17. The van der Waals surface area contributed by atoms with Crippen LogP contribution in [-0.4, -0.2) is 50.7 Å². The molecule has 1 aromatic carbocycles. The van der Waals surface area contributed by atoms with E-state index in [0.717, 1.165) is 23.7 Å². The number of thiophene rings is 1. The van der Waals surface area contributed by atoms with Gasteiger partial charge in [-0.05, 0) is 12.1 Å². The van der Waals surface area contributed by atoms with Crippen molar-refractivity contribution in [1.29, 1.82) is 0 Å². The number of piperazine rings is 1. The van der Waals surface area contributed by atoms with E-state index in [-0.39, 0.29) is 15.7 Å². The van der Waals surface area contributed by atoms with E-state index >= 15 is 0 Å². The highest BCUT2D eigenvalue weighted by Crippen LogP contribution is 2.40. The van der Waals surface area contributed by atoms with Crippen LogP contribution >= 0.6 is 22.9 Å². The Morgan fingerprint density at radius 2 is 1.96 bits per heavy atom. The third-order valence-electron chi connectivity index (χ3n) is 4.34. The third-order valence-corrected chi connectivity index (χ3v) is 7.68. The lowest BCUT2D eigenvalue weighted by Gasteiger charge is -2.35. The number of anilines is 1. The Kier molecular flexibility index (Phi) is 5.71. The largest absolute Gasteiger partial charge is 0.355 e. The van der Waals surface area contributed by atoms with Crippen LogP contribution in [0.3, 0.4) is 0 Å². The van der Waals surface area contributed by atoms with E-state index in [4.69, 9.17) is 11.6 Å². The van der Waals surface area contributed by atoms with Gasteiger partial charge in [-0.3, -0.25) is 15.0 Å². The van der Waals surface area contributed by atoms with Crippen LogP contribution in [0.2, 0.25) is 5.02 Å². The van der Waals surface area contributed by atoms with Crippen LogP contribution in [0.5, 0.6) is 0 Å². The highest BCUT2D eigenvalue weighted by atomic mass is 35.5. The maximum atomic E-state index is 14.0. The van der Waals surface area contributed by atoms with Gasteiger partial charge < -0.3 is 4.90 Å². The van der Waals surface area contributed by atoms with Crippen LogP contribution in [-0.2, 0) is 16.4 Å². The number of sulfone groups is 1. The molecule has 1 saturated heterocycles. The van der Waals surface area contributed by atoms with Crippen molar-refractivity contribution in [2.75, 3.05) is 37.3 Å².